The molecule has 0 aliphatic rings. The third-order valence-corrected chi connectivity index (χ3v) is 3.38. The molecule has 0 aromatic heterocycles. The first kappa shape index (κ1) is 18.3. The van der Waals surface area contributed by atoms with E-state index in [-0.39, 0.29) is 6.61 Å². The van der Waals surface area contributed by atoms with Crippen molar-refractivity contribution in [2.45, 2.75) is 19.9 Å². The van der Waals surface area contributed by atoms with Crippen molar-refractivity contribution < 1.29 is 23.8 Å². The van der Waals surface area contributed by atoms with Crippen LogP contribution in [0.2, 0.25) is 0 Å². The van der Waals surface area contributed by atoms with Gasteiger partial charge in [-0.1, -0.05) is 17.7 Å². The third-order valence-electron chi connectivity index (χ3n) is 3.38. The van der Waals surface area contributed by atoms with Crippen LogP contribution in [0.3, 0.4) is 0 Å². The minimum Gasteiger partial charge on any atom is -0.484 e. The van der Waals surface area contributed by atoms with Crippen molar-refractivity contribution in [2.75, 3.05) is 13.7 Å². The van der Waals surface area contributed by atoms with Gasteiger partial charge in [-0.05, 0) is 50.2 Å². The van der Waals surface area contributed by atoms with E-state index in [4.69, 9.17) is 9.47 Å². The van der Waals surface area contributed by atoms with Crippen molar-refractivity contribution >= 4 is 11.9 Å². The van der Waals surface area contributed by atoms with Crippen LogP contribution < -0.4 is 14.8 Å². The lowest BCUT2D eigenvalue weighted by molar-refractivity contribution is -0.144. The van der Waals surface area contributed by atoms with Crippen LogP contribution in [0.5, 0.6) is 17.2 Å². The molecule has 2 aromatic rings. The van der Waals surface area contributed by atoms with Gasteiger partial charge in [0, 0.05) is 0 Å². The number of nitrogens with one attached hydrogen (secondary N) is 1. The van der Waals surface area contributed by atoms with Gasteiger partial charge >= 0.3 is 5.97 Å². The highest BCUT2D eigenvalue weighted by Gasteiger charge is 2.15. The first-order valence-electron chi connectivity index (χ1n) is 7.82. The monoisotopic (exact) mass is 343 g/mol. The average molecular weight is 343 g/mol. The van der Waals surface area contributed by atoms with Gasteiger partial charge in [-0.15, -0.1) is 0 Å². The van der Waals surface area contributed by atoms with Crippen molar-refractivity contribution in [1.29, 1.82) is 0 Å². The predicted octanol–water partition coefficient (Wildman–Crippen LogP) is 2.84. The van der Waals surface area contributed by atoms with E-state index in [2.05, 4.69) is 10.1 Å². The zero-order valence-electron chi connectivity index (χ0n) is 14.4. The van der Waals surface area contributed by atoms with E-state index in [1.807, 2.05) is 31.2 Å². The summed E-state index contributed by atoms with van der Waals surface area (Å²) in [5.74, 6) is 1.02. The van der Waals surface area contributed by atoms with Gasteiger partial charge in [0.05, 0.1) is 7.11 Å². The highest BCUT2D eigenvalue weighted by atomic mass is 16.5. The van der Waals surface area contributed by atoms with E-state index in [9.17, 15) is 9.59 Å². The summed E-state index contributed by atoms with van der Waals surface area (Å²) >= 11 is 0. The average Bonchev–Trinajstić information content (AvgIpc) is 2.62. The molecule has 0 heterocycles. The van der Waals surface area contributed by atoms with Crippen molar-refractivity contribution in [3.8, 4) is 17.2 Å². The Bertz CT molecular complexity index is 710. The van der Waals surface area contributed by atoms with E-state index in [1.54, 1.807) is 31.2 Å². The summed E-state index contributed by atoms with van der Waals surface area (Å²) in [6.45, 7) is 3.36. The van der Waals surface area contributed by atoms with Crippen LogP contribution in [0.4, 0.5) is 0 Å². The molecular weight excluding hydrogens is 322 g/mol. The number of aryl methyl sites for hydroxylation is 1. The van der Waals surface area contributed by atoms with Crippen LogP contribution in [0.15, 0.2) is 48.5 Å². The second-order valence-corrected chi connectivity index (χ2v) is 5.49. The maximum absolute atomic E-state index is 11.7. The van der Waals surface area contributed by atoms with Crippen LogP contribution >= 0.6 is 0 Å². The van der Waals surface area contributed by atoms with Gasteiger partial charge in [-0.25, -0.2) is 4.79 Å². The third kappa shape index (κ3) is 5.84. The van der Waals surface area contributed by atoms with E-state index < -0.39 is 17.9 Å². The molecule has 0 aliphatic carbocycles. The normalized spacial score (nSPS) is 11.3. The first-order valence-corrected chi connectivity index (χ1v) is 7.82. The number of ether oxygens (including phenoxy) is 3. The molecule has 0 radical (unpaired) electrons. The zero-order chi connectivity index (χ0) is 18.2. The van der Waals surface area contributed by atoms with Gasteiger partial charge in [-0.3, -0.25) is 4.79 Å². The number of carbonyl (C=O) groups excluding carboxylic acids is 2. The number of hydrogen-bond donors (Lipinski definition) is 1. The van der Waals surface area contributed by atoms with Gasteiger partial charge in [0.15, 0.2) is 6.61 Å². The molecule has 6 heteroatoms. The molecule has 0 spiro atoms. The molecule has 25 heavy (non-hydrogen) atoms. The minimum atomic E-state index is -0.716. The van der Waals surface area contributed by atoms with Gasteiger partial charge in [-0.2, -0.15) is 0 Å². The summed E-state index contributed by atoms with van der Waals surface area (Å²) < 4.78 is 15.6. The van der Waals surface area contributed by atoms with Gasteiger partial charge in [0.2, 0.25) is 0 Å². The molecule has 0 bridgehead atoms. The van der Waals surface area contributed by atoms with Crippen molar-refractivity contribution in [3.05, 3.63) is 54.1 Å². The van der Waals surface area contributed by atoms with Crippen LogP contribution in [0, 0.1) is 6.92 Å². The van der Waals surface area contributed by atoms with Gasteiger partial charge < -0.3 is 19.5 Å². The molecule has 6 nitrogen and oxygen atoms in total. The van der Waals surface area contributed by atoms with Crippen LogP contribution in [-0.4, -0.2) is 31.6 Å². The van der Waals surface area contributed by atoms with Gasteiger partial charge in [0.25, 0.3) is 5.91 Å². The highest BCUT2D eigenvalue weighted by Crippen LogP contribution is 2.24. The summed E-state index contributed by atoms with van der Waals surface area (Å²) in [6.07, 6.45) is 0. The maximum Gasteiger partial charge on any atom is 0.328 e. The fraction of sp³-hybridized carbons (Fsp3) is 0.263. The van der Waals surface area contributed by atoms with E-state index >= 15 is 0 Å². The molecule has 2 rings (SSSR count). The highest BCUT2D eigenvalue weighted by molar-refractivity contribution is 5.84. The molecule has 1 atom stereocenters. The Hall–Kier alpha value is -3.02. The molecular formula is C19H21NO5. The lowest BCUT2D eigenvalue weighted by atomic mass is 10.2. The zero-order valence-corrected chi connectivity index (χ0v) is 14.4. The lowest BCUT2D eigenvalue weighted by Crippen LogP contribution is -2.41. The number of benzene rings is 2. The molecule has 0 saturated heterocycles. The summed E-state index contributed by atoms with van der Waals surface area (Å²) in [4.78, 5) is 23.0. The smallest absolute Gasteiger partial charge is 0.328 e. The summed E-state index contributed by atoms with van der Waals surface area (Å²) in [6, 6.07) is 13.9. The number of hydrogen-bond acceptors (Lipinski definition) is 5. The summed E-state index contributed by atoms with van der Waals surface area (Å²) in [5.41, 5.74) is 1.16. The Morgan fingerprint density at radius 1 is 0.960 bits per heavy atom. The standard InChI is InChI=1S/C19H21NO5/c1-13-4-6-16(7-5-13)25-17-10-8-15(9-11-17)24-12-18(21)20-14(2)19(22)23-3/h4-11,14H,12H2,1-3H3,(H,20,21)/t14-/m0/s1. The predicted molar refractivity (Wildman–Crippen MR) is 92.8 cm³/mol. The quantitative estimate of drug-likeness (QED) is 0.783. The number of amides is 1. The van der Waals surface area contributed by atoms with Crippen molar-refractivity contribution in [2.24, 2.45) is 0 Å². The summed E-state index contributed by atoms with van der Waals surface area (Å²) in [5, 5.41) is 2.49. The Morgan fingerprint density at radius 3 is 2.04 bits per heavy atom. The number of carbonyl (C=O) groups is 2. The van der Waals surface area contributed by atoms with Crippen LogP contribution in [0.25, 0.3) is 0 Å². The molecule has 0 fully saturated rings. The first-order chi connectivity index (χ1) is 12.0. The Balaban J connectivity index is 1.82. The van der Waals surface area contributed by atoms with Crippen molar-refractivity contribution in [3.63, 3.8) is 0 Å². The molecule has 0 unspecified atom stereocenters. The van der Waals surface area contributed by atoms with E-state index in [0.717, 1.165) is 11.3 Å². The molecule has 0 aliphatic heterocycles. The maximum atomic E-state index is 11.7. The van der Waals surface area contributed by atoms with E-state index in [1.165, 1.54) is 7.11 Å². The van der Waals surface area contributed by atoms with Crippen LogP contribution in [0.1, 0.15) is 12.5 Å². The summed E-state index contributed by atoms with van der Waals surface area (Å²) in [7, 11) is 1.27. The lowest BCUT2D eigenvalue weighted by Gasteiger charge is -2.12. The largest absolute Gasteiger partial charge is 0.484 e. The molecule has 1 amide bonds. The fourth-order valence-electron chi connectivity index (χ4n) is 2.01. The second-order valence-electron chi connectivity index (χ2n) is 5.49. The number of rotatable bonds is 7. The Kier molecular flexibility index (Phi) is 6.39. The molecule has 1 N–H and O–H groups in total. The molecule has 132 valence electrons. The van der Waals surface area contributed by atoms with Crippen LogP contribution in [-0.2, 0) is 14.3 Å². The minimum absolute atomic E-state index is 0.195. The Morgan fingerprint density at radius 2 is 1.48 bits per heavy atom. The second kappa shape index (κ2) is 8.73. The fourth-order valence-corrected chi connectivity index (χ4v) is 2.01. The van der Waals surface area contributed by atoms with Gasteiger partial charge in [0.1, 0.15) is 23.3 Å². The topological polar surface area (TPSA) is 73.9 Å². The van der Waals surface area contributed by atoms with Crippen molar-refractivity contribution in [1.82, 2.24) is 5.32 Å². The molecule has 0 saturated carbocycles. The number of esters is 1. The molecule has 2 aromatic carbocycles. The number of methoxy groups -OCH3 is 1. The SMILES string of the molecule is COC(=O)[C@H](C)NC(=O)COc1ccc(Oc2ccc(C)cc2)cc1. The van der Waals surface area contributed by atoms with E-state index in [0.29, 0.717) is 11.5 Å². The Labute approximate surface area is 146 Å².